The minimum absolute atomic E-state index is 0.0528. The molecule has 0 heterocycles. The highest BCUT2D eigenvalue weighted by molar-refractivity contribution is 7.99. The first-order valence-corrected chi connectivity index (χ1v) is 8.95. The van der Waals surface area contributed by atoms with Gasteiger partial charge in [-0.3, -0.25) is 4.79 Å². The van der Waals surface area contributed by atoms with Crippen LogP contribution in [-0.2, 0) is 6.18 Å². The van der Waals surface area contributed by atoms with Crippen molar-refractivity contribution in [1.29, 1.82) is 5.26 Å². The molecule has 1 amide bonds. The molecule has 3 rings (SSSR count). The first-order valence-electron chi connectivity index (χ1n) is 8.13. The summed E-state index contributed by atoms with van der Waals surface area (Å²) in [5, 5.41) is 11.7. The molecule has 0 spiro atoms. The van der Waals surface area contributed by atoms with Crippen LogP contribution >= 0.6 is 11.8 Å². The lowest BCUT2D eigenvalue weighted by atomic mass is 10.1. The number of nitrogens with one attached hydrogen (secondary N) is 1. The highest BCUT2D eigenvalue weighted by Gasteiger charge is 2.30. The van der Waals surface area contributed by atoms with Gasteiger partial charge >= 0.3 is 6.18 Å². The Morgan fingerprint density at radius 3 is 2.32 bits per heavy atom. The van der Waals surface area contributed by atoms with Gasteiger partial charge in [-0.2, -0.15) is 18.4 Å². The summed E-state index contributed by atoms with van der Waals surface area (Å²) in [6.45, 7) is 0. The molecule has 0 unspecified atom stereocenters. The van der Waals surface area contributed by atoms with E-state index in [1.54, 1.807) is 48.5 Å². The minimum Gasteiger partial charge on any atom is -0.322 e. The molecule has 0 aliphatic carbocycles. The number of carbonyl (C=O) groups excluding carboxylic acids is 1. The molecule has 3 aromatic rings. The summed E-state index contributed by atoms with van der Waals surface area (Å²) in [5.74, 6) is -0.531. The van der Waals surface area contributed by atoms with Gasteiger partial charge in [-0.1, -0.05) is 42.1 Å². The number of carbonyl (C=O) groups is 1. The average molecular weight is 398 g/mol. The molecule has 140 valence electrons. The molecule has 3 nitrogen and oxygen atoms in total. The molecular formula is C21H13F3N2OS. The first-order chi connectivity index (χ1) is 13.4. The highest BCUT2D eigenvalue weighted by atomic mass is 32.2. The average Bonchev–Trinajstić information content (AvgIpc) is 2.68. The lowest BCUT2D eigenvalue weighted by molar-refractivity contribution is -0.137. The fourth-order valence-corrected chi connectivity index (χ4v) is 3.51. The number of hydrogen-bond acceptors (Lipinski definition) is 3. The van der Waals surface area contributed by atoms with Crippen molar-refractivity contribution in [2.45, 2.75) is 16.0 Å². The number of benzene rings is 3. The normalized spacial score (nSPS) is 10.9. The molecule has 28 heavy (non-hydrogen) atoms. The number of anilines is 1. The van der Waals surface area contributed by atoms with Crippen molar-refractivity contribution in [3.8, 4) is 6.07 Å². The summed E-state index contributed by atoms with van der Waals surface area (Å²) in [6, 6.07) is 20.3. The predicted octanol–water partition coefficient (Wildman–Crippen LogP) is 5.98. The van der Waals surface area contributed by atoms with Crippen molar-refractivity contribution in [3.05, 3.63) is 89.5 Å². The summed E-state index contributed by atoms with van der Waals surface area (Å²) >= 11 is 1.25. The van der Waals surface area contributed by atoms with E-state index in [1.165, 1.54) is 23.9 Å². The van der Waals surface area contributed by atoms with Gasteiger partial charge in [0.2, 0.25) is 0 Å². The van der Waals surface area contributed by atoms with E-state index in [0.29, 0.717) is 20.9 Å². The van der Waals surface area contributed by atoms with E-state index < -0.39 is 17.6 Å². The number of halogens is 3. The molecule has 0 fully saturated rings. The third-order valence-electron chi connectivity index (χ3n) is 3.81. The maximum Gasteiger partial charge on any atom is 0.416 e. The smallest absolute Gasteiger partial charge is 0.322 e. The van der Waals surface area contributed by atoms with Crippen molar-refractivity contribution in [2.75, 3.05) is 5.32 Å². The second-order valence-electron chi connectivity index (χ2n) is 5.74. The molecule has 0 bridgehead atoms. The maximum atomic E-state index is 12.9. The van der Waals surface area contributed by atoms with Gasteiger partial charge in [0.15, 0.2) is 0 Å². The van der Waals surface area contributed by atoms with Crippen molar-refractivity contribution in [1.82, 2.24) is 0 Å². The largest absolute Gasteiger partial charge is 0.416 e. The van der Waals surface area contributed by atoms with E-state index in [4.69, 9.17) is 0 Å². The molecule has 0 aromatic heterocycles. The Hall–Kier alpha value is -3.24. The summed E-state index contributed by atoms with van der Waals surface area (Å²) < 4.78 is 38.6. The molecule has 1 N–H and O–H groups in total. The van der Waals surface area contributed by atoms with Crippen LogP contribution in [0.3, 0.4) is 0 Å². The standard InChI is InChI=1S/C21H13F3N2OS/c22-21(23,24)15-7-5-8-16(12-15)26-20(27)17-9-2-4-11-19(17)28-18-10-3-1-6-14(18)13-25/h1-12H,(H,26,27). The Bertz CT molecular complexity index is 1060. The minimum atomic E-state index is -4.49. The van der Waals surface area contributed by atoms with E-state index in [2.05, 4.69) is 11.4 Å². The van der Waals surface area contributed by atoms with Crippen LogP contribution in [0, 0.1) is 11.3 Å². The van der Waals surface area contributed by atoms with Crippen molar-refractivity contribution in [3.63, 3.8) is 0 Å². The molecular weight excluding hydrogens is 385 g/mol. The number of rotatable bonds is 4. The van der Waals surface area contributed by atoms with Gasteiger partial charge in [0, 0.05) is 15.5 Å². The van der Waals surface area contributed by atoms with Gasteiger partial charge in [-0.25, -0.2) is 0 Å². The van der Waals surface area contributed by atoms with Crippen LogP contribution < -0.4 is 5.32 Å². The van der Waals surface area contributed by atoms with Crippen molar-refractivity contribution in [2.24, 2.45) is 0 Å². The summed E-state index contributed by atoms with van der Waals surface area (Å²) in [7, 11) is 0. The van der Waals surface area contributed by atoms with E-state index in [9.17, 15) is 23.2 Å². The van der Waals surface area contributed by atoms with Gasteiger partial charge < -0.3 is 5.32 Å². The molecule has 0 radical (unpaired) electrons. The van der Waals surface area contributed by atoms with Crippen LogP contribution in [-0.4, -0.2) is 5.91 Å². The SMILES string of the molecule is N#Cc1ccccc1Sc1ccccc1C(=O)Nc1cccc(C(F)(F)F)c1. The van der Waals surface area contributed by atoms with Crippen LogP contribution in [0.25, 0.3) is 0 Å². The fraction of sp³-hybridized carbons (Fsp3) is 0.0476. The third-order valence-corrected chi connectivity index (χ3v) is 4.96. The molecule has 0 saturated heterocycles. The van der Waals surface area contributed by atoms with Gasteiger partial charge in [0.25, 0.3) is 5.91 Å². The Balaban J connectivity index is 1.87. The molecule has 0 saturated carbocycles. The number of alkyl halides is 3. The Morgan fingerprint density at radius 2 is 1.61 bits per heavy atom. The van der Waals surface area contributed by atoms with E-state index >= 15 is 0 Å². The zero-order valence-corrected chi connectivity index (χ0v) is 15.1. The summed E-state index contributed by atoms with van der Waals surface area (Å²) in [6.07, 6.45) is -4.49. The number of hydrogen-bond donors (Lipinski definition) is 1. The van der Waals surface area contributed by atoms with Crippen LogP contribution in [0.2, 0.25) is 0 Å². The maximum absolute atomic E-state index is 12.9. The number of amides is 1. The third kappa shape index (κ3) is 4.53. The zero-order chi connectivity index (χ0) is 20.1. The van der Waals surface area contributed by atoms with Crippen LogP contribution in [0.4, 0.5) is 18.9 Å². The van der Waals surface area contributed by atoms with Gasteiger partial charge in [0.1, 0.15) is 6.07 Å². The van der Waals surface area contributed by atoms with Crippen LogP contribution in [0.1, 0.15) is 21.5 Å². The van der Waals surface area contributed by atoms with Crippen molar-refractivity contribution >= 4 is 23.4 Å². The van der Waals surface area contributed by atoms with Gasteiger partial charge in [-0.05, 0) is 42.5 Å². The molecule has 0 aliphatic heterocycles. The number of nitriles is 1. The lowest BCUT2D eigenvalue weighted by Gasteiger charge is -2.12. The van der Waals surface area contributed by atoms with Gasteiger partial charge in [-0.15, -0.1) is 0 Å². The highest BCUT2D eigenvalue weighted by Crippen LogP contribution is 2.34. The van der Waals surface area contributed by atoms with Gasteiger partial charge in [0.05, 0.1) is 16.7 Å². The summed E-state index contributed by atoms with van der Waals surface area (Å²) in [5.41, 5.74) is -0.00814. The number of nitrogens with zero attached hydrogens (tertiary/aromatic N) is 1. The molecule has 3 aromatic carbocycles. The second kappa shape index (κ2) is 8.19. The van der Waals surface area contributed by atoms with E-state index in [1.807, 2.05) is 0 Å². The van der Waals surface area contributed by atoms with E-state index in [-0.39, 0.29) is 5.69 Å². The molecule has 0 aliphatic rings. The lowest BCUT2D eigenvalue weighted by Crippen LogP contribution is -2.14. The second-order valence-corrected chi connectivity index (χ2v) is 6.82. The molecule has 7 heteroatoms. The predicted molar refractivity (Wildman–Crippen MR) is 101 cm³/mol. The van der Waals surface area contributed by atoms with Crippen LogP contribution in [0.15, 0.2) is 82.6 Å². The quantitative estimate of drug-likeness (QED) is 0.588. The Morgan fingerprint density at radius 1 is 0.929 bits per heavy atom. The monoisotopic (exact) mass is 398 g/mol. The molecule has 0 atom stereocenters. The van der Waals surface area contributed by atoms with Crippen LogP contribution in [0.5, 0.6) is 0 Å². The van der Waals surface area contributed by atoms with Crippen molar-refractivity contribution < 1.29 is 18.0 Å². The Labute approximate surface area is 163 Å². The fourth-order valence-electron chi connectivity index (χ4n) is 2.48. The zero-order valence-electron chi connectivity index (χ0n) is 14.3. The first kappa shape index (κ1) is 19.5. The summed E-state index contributed by atoms with van der Waals surface area (Å²) in [4.78, 5) is 13.9. The topological polar surface area (TPSA) is 52.9 Å². The Kier molecular flexibility index (Phi) is 5.71. The van der Waals surface area contributed by atoms with E-state index in [0.717, 1.165) is 12.1 Å².